The molecule has 4 nitrogen and oxygen atoms in total. The van der Waals surface area contributed by atoms with Crippen LogP contribution in [0.3, 0.4) is 0 Å². The lowest BCUT2D eigenvalue weighted by Gasteiger charge is -2.42. The van der Waals surface area contributed by atoms with E-state index in [0.29, 0.717) is 17.5 Å². The first-order valence-corrected chi connectivity index (χ1v) is 12.5. The van der Waals surface area contributed by atoms with Gasteiger partial charge in [0, 0.05) is 14.2 Å². The Kier molecular flexibility index (Phi) is 9.88. The molecule has 23 heavy (non-hydrogen) atoms. The Bertz CT molecular complexity index is 351. The number of hydrogen-bond acceptors (Lipinski definition) is 4. The van der Waals surface area contributed by atoms with Gasteiger partial charge in [-0.25, -0.2) is 0 Å². The zero-order chi connectivity index (χ0) is 18.3. The van der Waals surface area contributed by atoms with Crippen LogP contribution in [-0.2, 0) is 18.1 Å². The van der Waals surface area contributed by atoms with E-state index < -0.39 is 22.6 Å². The molecule has 0 N–H and O–H groups in total. The molecule has 0 aliphatic carbocycles. The van der Waals surface area contributed by atoms with Crippen LogP contribution in [0.25, 0.3) is 0 Å². The van der Waals surface area contributed by atoms with Gasteiger partial charge in [0.2, 0.25) is 0 Å². The molecule has 0 amide bonds. The maximum absolute atomic E-state index is 13.1. The number of rotatable bonds is 11. The van der Waals surface area contributed by atoms with Gasteiger partial charge in [0.05, 0.1) is 0 Å². The van der Waals surface area contributed by atoms with E-state index in [1.165, 1.54) is 0 Å². The first kappa shape index (κ1) is 22.8. The molecule has 0 spiro atoms. The lowest BCUT2D eigenvalue weighted by Crippen LogP contribution is -2.51. The molecule has 3 unspecified atom stereocenters. The molecule has 0 aromatic carbocycles. The molecule has 137 valence electrons. The molecule has 0 saturated heterocycles. The Balaban J connectivity index is 5.68. The molecule has 0 rings (SSSR count). The fraction of sp³-hybridized carbons (Fsp3) is 0.941. The van der Waals surface area contributed by atoms with Crippen molar-refractivity contribution in [1.82, 2.24) is 0 Å². The zero-order valence-electron chi connectivity index (χ0n) is 16.6. The lowest BCUT2D eigenvalue weighted by atomic mass is 10.1. The Morgan fingerprint density at radius 1 is 1.04 bits per heavy atom. The third-order valence-corrected chi connectivity index (χ3v) is 13.7. The average molecular weight is 362 g/mol. The third-order valence-electron chi connectivity index (χ3n) is 5.71. The fourth-order valence-corrected chi connectivity index (χ4v) is 9.88. The highest BCUT2D eigenvalue weighted by atomic mass is 28.4. The highest BCUT2D eigenvalue weighted by Gasteiger charge is 2.52. The Morgan fingerprint density at radius 3 is 1.74 bits per heavy atom. The molecule has 3 atom stereocenters. The normalized spacial score (nSPS) is 19.7. The standard InChI is InChI=1S/C17H37O4Si2/c1-10-14(5)23(13-4,15(6)11-2)21-16(18)17(7,12-3)22(19-8)20-9/h14-15H,10-13H2,1-9H3. The third kappa shape index (κ3) is 4.68. The molecular weight excluding hydrogens is 324 g/mol. The molecule has 0 saturated carbocycles. The van der Waals surface area contributed by atoms with E-state index >= 15 is 0 Å². The summed E-state index contributed by atoms with van der Waals surface area (Å²) in [5, 5.41) is -0.678. The summed E-state index contributed by atoms with van der Waals surface area (Å²) in [5.41, 5.74) is 0.904. The van der Waals surface area contributed by atoms with Crippen LogP contribution in [0.15, 0.2) is 0 Å². The second kappa shape index (κ2) is 9.96. The average Bonchev–Trinajstić information content (AvgIpc) is 2.58. The molecule has 0 aliphatic heterocycles. The Hall–Kier alpha value is -0.176. The van der Waals surface area contributed by atoms with Gasteiger partial charge in [0.15, 0.2) is 0 Å². The Labute approximate surface area is 146 Å². The maximum atomic E-state index is 13.1. The van der Waals surface area contributed by atoms with Crippen molar-refractivity contribution < 1.29 is 18.1 Å². The van der Waals surface area contributed by atoms with Crippen LogP contribution in [0, 0.1) is 0 Å². The van der Waals surface area contributed by atoms with Crippen molar-refractivity contribution in [3.8, 4) is 0 Å². The van der Waals surface area contributed by atoms with Gasteiger partial charge in [-0.3, -0.25) is 4.79 Å². The van der Waals surface area contributed by atoms with E-state index in [-0.39, 0.29) is 5.97 Å². The van der Waals surface area contributed by atoms with Crippen LogP contribution in [0.2, 0.25) is 22.2 Å². The highest BCUT2D eigenvalue weighted by molar-refractivity contribution is 6.78. The topological polar surface area (TPSA) is 44.8 Å². The van der Waals surface area contributed by atoms with E-state index in [1.54, 1.807) is 14.2 Å². The van der Waals surface area contributed by atoms with E-state index in [2.05, 4.69) is 34.6 Å². The summed E-state index contributed by atoms with van der Waals surface area (Å²) in [7, 11) is -0.651. The number of carbonyl (C=O) groups excluding carboxylic acids is 1. The van der Waals surface area contributed by atoms with Crippen molar-refractivity contribution in [3.05, 3.63) is 0 Å². The minimum Gasteiger partial charge on any atom is -0.518 e. The van der Waals surface area contributed by atoms with Gasteiger partial charge in [-0.2, -0.15) is 0 Å². The quantitative estimate of drug-likeness (QED) is 0.483. The molecule has 0 heterocycles. The van der Waals surface area contributed by atoms with Gasteiger partial charge in [0.1, 0.15) is 5.04 Å². The van der Waals surface area contributed by atoms with Crippen molar-refractivity contribution >= 4 is 23.6 Å². The summed E-state index contributed by atoms with van der Waals surface area (Å²) in [6.07, 6.45) is 2.76. The molecule has 1 radical (unpaired) electrons. The maximum Gasteiger partial charge on any atom is 0.402 e. The van der Waals surface area contributed by atoms with Crippen LogP contribution >= 0.6 is 0 Å². The molecule has 0 aromatic rings. The first-order valence-electron chi connectivity index (χ1n) is 8.92. The second-order valence-electron chi connectivity index (χ2n) is 6.70. The van der Waals surface area contributed by atoms with Crippen LogP contribution in [-0.4, -0.2) is 37.8 Å². The van der Waals surface area contributed by atoms with Crippen LogP contribution < -0.4 is 0 Å². The lowest BCUT2D eigenvalue weighted by molar-refractivity contribution is -0.139. The molecule has 0 bridgehead atoms. The fourth-order valence-electron chi connectivity index (χ4n) is 3.34. The molecule has 0 aromatic heterocycles. The molecule has 0 aliphatic rings. The van der Waals surface area contributed by atoms with Crippen molar-refractivity contribution in [2.75, 3.05) is 14.2 Å². The minimum absolute atomic E-state index is 0.119. The van der Waals surface area contributed by atoms with Gasteiger partial charge in [-0.1, -0.05) is 54.4 Å². The summed E-state index contributed by atoms with van der Waals surface area (Å²) in [4.78, 5) is 13.1. The first-order chi connectivity index (χ1) is 10.7. The van der Waals surface area contributed by atoms with Gasteiger partial charge in [-0.05, 0) is 30.5 Å². The van der Waals surface area contributed by atoms with Crippen molar-refractivity contribution in [2.24, 2.45) is 0 Å². The summed E-state index contributed by atoms with van der Waals surface area (Å²) < 4.78 is 17.4. The van der Waals surface area contributed by atoms with E-state index in [9.17, 15) is 4.79 Å². The number of hydrogen-bond donors (Lipinski definition) is 0. The molecular formula is C17H37O4Si2. The smallest absolute Gasteiger partial charge is 0.402 e. The Morgan fingerprint density at radius 2 is 1.48 bits per heavy atom. The predicted octanol–water partition coefficient (Wildman–Crippen LogP) is 5.05. The summed E-state index contributed by atoms with van der Waals surface area (Å²) in [5.74, 6) is -0.119. The number of carbonyl (C=O) groups is 1. The highest BCUT2D eigenvalue weighted by Crippen LogP contribution is 2.44. The van der Waals surface area contributed by atoms with Gasteiger partial charge in [0.25, 0.3) is 14.3 Å². The van der Waals surface area contributed by atoms with Crippen LogP contribution in [0.1, 0.15) is 67.7 Å². The SMILES string of the molecule is CCC(C)[Si](CC)(OC(=O)C(C)(CC)[Si](OC)OC)C(C)CC. The van der Waals surface area contributed by atoms with Gasteiger partial charge in [-0.15, -0.1) is 0 Å². The monoisotopic (exact) mass is 361 g/mol. The van der Waals surface area contributed by atoms with Crippen molar-refractivity contribution in [3.63, 3.8) is 0 Å². The largest absolute Gasteiger partial charge is 0.518 e. The van der Waals surface area contributed by atoms with E-state index in [4.69, 9.17) is 13.3 Å². The minimum atomic E-state index is -2.18. The molecule has 6 heteroatoms. The van der Waals surface area contributed by atoms with Gasteiger partial charge < -0.3 is 13.3 Å². The van der Waals surface area contributed by atoms with E-state index in [1.807, 2.05) is 13.8 Å². The summed E-state index contributed by atoms with van der Waals surface area (Å²) in [6.45, 7) is 15.0. The van der Waals surface area contributed by atoms with Crippen molar-refractivity contribution in [1.29, 1.82) is 0 Å². The predicted molar refractivity (Wildman–Crippen MR) is 100 cm³/mol. The van der Waals surface area contributed by atoms with Gasteiger partial charge >= 0.3 is 9.28 Å². The second-order valence-corrected chi connectivity index (χ2v) is 14.0. The zero-order valence-corrected chi connectivity index (χ0v) is 18.6. The summed E-state index contributed by atoms with van der Waals surface area (Å²) >= 11 is 0. The van der Waals surface area contributed by atoms with Crippen LogP contribution in [0.4, 0.5) is 0 Å². The van der Waals surface area contributed by atoms with E-state index in [0.717, 1.165) is 18.9 Å². The molecule has 0 fully saturated rings. The summed E-state index contributed by atoms with van der Waals surface area (Å²) in [6, 6.07) is 0.963. The van der Waals surface area contributed by atoms with Crippen LogP contribution in [0.5, 0.6) is 0 Å². The van der Waals surface area contributed by atoms with Crippen molar-refractivity contribution in [2.45, 2.75) is 89.9 Å².